The molecule has 0 fully saturated rings. The quantitative estimate of drug-likeness (QED) is 0.784. The zero-order chi connectivity index (χ0) is 14.4. The van der Waals surface area contributed by atoms with Crippen molar-refractivity contribution in [1.29, 1.82) is 0 Å². The van der Waals surface area contributed by atoms with Crippen molar-refractivity contribution in [3.8, 4) is 5.75 Å². The van der Waals surface area contributed by atoms with E-state index in [1.54, 1.807) is 7.11 Å². The Morgan fingerprint density at radius 3 is 2.55 bits per heavy atom. The summed E-state index contributed by atoms with van der Waals surface area (Å²) < 4.78 is 5.43. The van der Waals surface area contributed by atoms with Gasteiger partial charge in [0.05, 0.1) is 7.11 Å². The van der Waals surface area contributed by atoms with Gasteiger partial charge in [-0.1, -0.05) is 37.3 Å². The van der Waals surface area contributed by atoms with Crippen LogP contribution in [0.4, 0.5) is 0 Å². The molecule has 2 rings (SSSR count). The number of ether oxygens (including phenoxy) is 1. The van der Waals surface area contributed by atoms with Crippen LogP contribution in [0.15, 0.2) is 36.4 Å². The van der Waals surface area contributed by atoms with Crippen LogP contribution in [0, 0.1) is 0 Å². The Bertz CT molecular complexity index is 554. The second-order valence-electron chi connectivity index (χ2n) is 5.05. The average Bonchev–Trinajstić information content (AvgIpc) is 2.51. The highest BCUT2D eigenvalue weighted by Gasteiger charge is 2.05. The van der Waals surface area contributed by atoms with Gasteiger partial charge in [-0.3, -0.25) is 0 Å². The number of hydrogen-bond acceptors (Lipinski definition) is 3. The summed E-state index contributed by atoms with van der Waals surface area (Å²) in [4.78, 5) is 2.30. The molecule has 0 bridgehead atoms. The summed E-state index contributed by atoms with van der Waals surface area (Å²) in [6.45, 7) is 6.24. The molecule has 0 aromatic heterocycles. The smallest absolute Gasteiger partial charge is 0.126 e. The first kappa shape index (κ1) is 14.8. The summed E-state index contributed by atoms with van der Waals surface area (Å²) in [6, 6.07) is 12.6. The number of methoxy groups -OCH3 is 1. The Balaban J connectivity index is 2.07. The van der Waals surface area contributed by atoms with Crippen LogP contribution in [-0.2, 0) is 6.54 Å². The number of nitrogens with zero attached hydrogens (tertiary/aromatic N) is 1. The number of rotatable bonds is 7. The van der Waals surface area contributed by atoms with Crippen LogP contribution in [0.25, 0.3) is 10.8 Å². The normalized spacial score (nSPS) is 11.2. The number of hydrogen-bond donors (Lipinski definition) is 1. The van der Waals surface area contributed by atoms with E-state index in [-0.39, 0.29) is 0 Å². The molecule has 108 valence electrons. The minimum atomic E-state index is 0.891. The minimum Gasteiger partial charge on any atom is -0.496 e. The second-order valence-corrected chi connectivity index (χ2v) is 5.05. The minimum absolute atomic E-state index is 0.891. The fraction of sp³-hybridized carbons (Fsp3) is 0.412. The molecule has 20 heavy (non-hydrogen) atoms. The maximum atomic E-state index is 5.43. The molecule has 0 atom stereocenters. The predicted octanol–water partition coefficient (Wildman–Crippen LogP) is 2.89. The van der Waals surface area contributed by atoms with E-state index in [4.69, 9.17) is 4.74 Å². The largest absolute Gasteiger partial charge is 0.496 e. The Kier molecular flexibility index (Phi) is 5.39. The molecular formula is C17H24N2O. The lowest BCUT2D eigenvalue weighted by atomic mass is 10.0. The molecule has 1 N–H and O–H groups in total. The molecule has 0 saturated heterocycles. The lowest BCUT2D eigenvalue weighted by Crippen LogP contribution is -2.28. The summed E-state index contributed by atoms with van der Waals surface area (Å²) in [7, 11) is 3.87. The molecule has 0 radical (unpaired) electrons. The molecule has 0 aliphatic carbocycles. The SMILES string of the molecule is CCN(C)CCNCc1ccc(OC)c2ccccc12. The van der Waals surface area contributed by atoms with Gasteiger partial charge in [-0.05, 0) is 30.6 Å². The van der Waals surface area contributed by atoms with Crippen molar-refractivity contribution in [3.63, 3.8) is 0 Å². The summed E-state index contributed by atoms with van der Waals surface area (Å²) in [6.07, 6.45) is 0. The number of benzene rings is 2. The van der Waals surface area contributed by atoms with Crippen LogP contribution in [0.3, 0.4) is 0 Å². The zero-order valence-corrected chi connectivity index (χ0v) is 12.6. The first-order valence-electron chi connectivity index (χ1n) is 7.20. The van der Waals surface area contributed by atoms with E-state index >= 15 is 0 Å². The Morgan fingerprint density at radius 1 is 1.10 bits per heavy atom. The summed E-state index contributed by atoms with van der Waals surface area (Å²) in [5.41, 5.74) is 1.32. The van der Waals surface area contributed by atoms with Crippen molar-refractivity contribution in [2.75, 3.05) is 33.8 Å². The molecule has 0 unspecified atom stereocenters. The Labute approximate surface area is 121 Å². The van der Waals surface area contributed by atoms with Crippen molar-refractivity contribution in [2.24, 2.45) is 0 Å². The molecule has 0 amide bonds. The van der Waals surface area contributed by atoms with Gasteiger partial charge in [0.1, 0.15) is 5.75 Å². The van der Waals surface area contributed by atoms with E-state index < -0.39 is 0 Å². The van der Waals surface area contributed by atoms with Crippen molar-refractivity contribution in [1.82, 2.24) is 10.2 Å². The lowest BCUT2D eigenvalue weighted by Gasteiger charge is -2.15. The van der Waals surface area contributed by atoms with Gasteiger partial charge in [0, 0.05) is 25.0 Å². The molecule has 2 aromatic carbocycles. The van der Waals surface area contributed by atoms with Crippen molar-refractivity contribution in [3.05, 3.63) is 42.0 Å². The van der Waals surface area contributed by atoms with Crippen LogP contribution < -0.4 is 10.1 Å². The fourth-order valence-electron chi connectivity index (χ4n) is 2.32. The third-order valence-electron chi connectivity index (χ3n) is 3.72. The van der Waals surface area contributed by atoms with Gasteiger partial charge in [-0.15, -0.1) is 0 Å². The number of likely N-dealkylation sites (N-methyl/N-ethyl adjacent to an activating group) is 1. The molecule has 0 spiro atoms. The average molecular weight is 272 g/mol. The molecule has 0 aliphatic rings. The lowest BCUT2D eigenvalue weighted by molar-refractivity contribution is 0.349. The van der Waals surface area contributed by atoms with Crippen molar-refractivity contribution in [2.45, 2.75) is 13.5 Å². The molecule has 3 nitrogen and oxygen atoms in total. The van der Waals surface area contributed by atoms with Gasteiger partial charge in [-0.25, -0.2) is 0 Å². The van der Waals surface area contributed by atoms with E-state index in [0.717, 1.165) is 31.9 Å². The Morgan fingerprint density at radius 2 is 1.85 bits per heavy atom. The summed E-state index contributed by atoms with van der Waals surface area (Å²) in [5, 5.41) is 5.96. The molecule has 0 saturated carbocycles. The van der Waals surface area contributed by atoms with Crippen molar-refractivity contribution >= 4 is 10.8 Å². The van der Waals surface area contributed by atoms with Crippen molar-refractivity contribution < 1.29 is 4.74 Å². The summed E-state index contributed by atoms with van der Waals surface area (Å²) in [5.74, 6) is 0.940. The first-order chi connectivity index (χ1) is 9.76. The fourth-order valence-corrected chi connectivity index (χ4v) is 2.32. The maximum Gasteiger partial charge on any atom is 0.126 e. The third kappa shape index (κ3) is 3.50. The van der Waals surface area contributed by atoms with Gasteiger partial charge in [0.15, 0.2) is 0 Å². The molecule has 3 heteroatoms. The first-order valence-corrected chi connectivity index (χ1v) is 7.20. The highest BCUT2D eigenvalue weighted by Crippen LogP contribution is 2.28. The van der Waals surface area contributed by atoms with E-state index in [9.17, 15) is 0 Å². The van der Waals surface area contributed by atoms with Gasteiger partial charge in [-0.2, -0.15) is 0 Å². The van der Waals surface area contributed by atoms with Crippen LogP contribution in [0.2, 0.25) is 0 Å². The van der Waals surface area contributed by atoms with Crippen LogP contribution >= 0.6 is 0 Å². The second kappa shape index (κ2) is 7.27. The van der Waals surface area contributed by atoms with E-state index in [1.165, 1.54) is 16.3 Å². The molecule has 2 aromatic rings. The van der Waals surface area contributed by atoms with Gasteiger partial charge < -0.3 is 15.0 Å². The summed E-state index contributed by atoms with van der Waals surface area (Å²) >= 11 is 0. The number of fused-ring (bicyclic) bond motifs is 1. The van der Waals surface area contributed by atoms with E-state index in [1.807, 2.05) is 0 Å². The standard InChI is InChI=1S/C17H24N2O/c1-4-19(2)12-11-18-13-14-9-10-17(20-3)16-8-6-5-7-15(14)16/h5-10,18H,4,11-13H2,1-3H3. The maximum absolute atomic E-state index is 5.43. The van der Waals surface area contributed by atoms with Gasteiger partial charge in [0.2, 0.25) is 0 Å². The van der Waals surface area contributed by atoms with E-state index in [0.29, 0.717) is 0 Å². The Hall–Kier alpha value is -1.58. The van der Waals surface area contributed by atoms with Gasteiger partial charge in [0.25, 0.3) is 0 Å². The topological polar surface area (TPSA) is 24.5 Å². The highest BCUT2D eigenvalue weighted by atomic mass is 16.5. The monoisotopic (exact) mass is 272 g/mol. The highest BCUT2D eigenvalue weighted by molar-refractivity contribution is 5.91. The zero-order valence-electron chi connectivity index (χ0n) is 12.6. The van der Waals surface area contributed by atoms with Crippen LogP contribution in [0.5, 0.6) is 5.75 Å². The predicted molar refractivity (Wildman–Crippen MR) is 85.4 cm³/mol. The number of nitrogens with one attached hydrogen (secondary N) is 1. The van der Waals surface area contributed by atoms with Crippen LogP contribution in [0.1, 0.15) is 12.5 Å². The van der Waals surface area contributed by atoms with Crippen LogP contribution in [-0.4, -0.2) is 38.7 Å². The van der Waals surface area contributed by atoms with Gasteiger partial charge >= 0.3 is 0 Å². The third-order valence-corrected chi connectivity index (χ3v) is 3.72. The molecule has 0 heterocycles. The molecular weight excluding hydrogens is 248 g/mol. The van der Waals surface area contributed by atoms with E-state index in [2.05, 4.69) is 60.6 Å². The molecule has 0 aliphatic heterocycles.